The van der Waals surface area contributed by atoms with Crippen molar-refractivity contribution in [2.75, 3.05) is 38.6 Å². The number of carbonyl (C=O) groups excluding carboxylic acids is 1. The van der Waals surface area contributed by atoms with Gasteiger partial charge in [-0.15, -0.1) is 0 Å². The number of nitrogens with zero attached hydrogens (tertiary/aromatic N) is 2. The maximum absolute atomic E-state index is 12.1. The van der Waals surface area contributed by atoms with Crippen molar-refractivity contribution in [2.45, 2.75) is 6.42 Å². The van der Waals surface area contributed by atoms with Gasteiger partial charge in [-0.25, -0.2) is 4.79 Å². The number of halogens is 1. The highest BCUT2D eigenvalue weighted by Gasteiger charge is 2.24. The van der Waals surface area contributed by atoms with Crippen LogP contribution in [-0.2, 0) is 6.42 Å². The number of benzene rings is 1. The van der Waals surface area contributed by atoms with E-state index in [1.807, 2.05) is 31.1 Å². The Kier molecular flexibility index (Phi) is 4.24. The molecule has 2 rings (SSSR count). The second-order valence-electron chi connectivity index (χ2n) is 4.71. The van der Waals surface area contributed by atoms with Crippen LogP contribution in [0.3, 0.4) is 0 Å². The smallest absolute Gasteiger partial charge is 0.321 e. The Balaban J connectivity index is 1.98. The molecule has 0 aliphatic carbocycles. The highest BCUT2D eigenvalue weighted by Crippen LogP contribution is 2.30. The highest BCUT2D eigenvalue weighted by atomic mass is 79.9. The Labute approximate surface area is 116 Å². The van der Waals surface area contributed by atoms with Gasteiger partial charge in [0.1, 0.15) is 0 Å². The Bertz CT molecular complexity index is 448. The molecule has 0 saturated heterocycles. The van der Waals surface area contributed by atoms with E-state index in [2.05, 4.69) is 32.2 Å². The number of hydrogen-bond acceptors (Lipinski definition) is 2. The first kappa shape index (κ1) is 13.4. The average molecular weight is 312 g/mol. The van der Waals surface area contributed by atoms with E-state index in [0.717, 1.165) is 29.7 Å². The summed E-state index contributed by atoms with van der Waals surface area (Å²) in [7, 11) is 3.99. The molecule has 1 aliphatic heterocycles. The van der Waals surface area contributed by atoms with E-state index in [1.165, 1.54) is 5.56 Å². The molecule has 0 bridgehead atoms. The lowest BCUT2D eigenvalue weighted by atomic mass is 10.2. The molecule has 98 valence electrons. The minimum Gasteiger partial charge on any atom is -0.336 e. The zero-order valence-corrected chi connectivity index (χ0v) is 12.3. The van der Waals surface area contributed by atoms with Gasteiger partial charge in [0.15, 0.2) is 0 Å². The third-order valence-corrected chi connectivity index (χ3v) is 3.51. The van der Waals surface area contributed by atoms with Crippen LogP contribution in [0.1, 0.15) is 5.56 Å². The summed E-state index contributed by atoms with van der Waals surface area (Å²) in [6.07, 6.45) is 0.926. The fraction of sp³-hybridized carbons (Fsp3) is 0.462. The molecular formula is C13H18BrN3O. The zero-order chi connectivity index (χ0) is 13.1. The van der Waals surface area contributed by atoms with Crippen LogP contribution in [0.25, 0.3) is 0 Å². The van der Waals surface area contributed by atoms with E-state index in [4.69, 9.17) is 0 Å². The lowest BCUT2D eigenvalue weighted by Gasteiger charge is -2.19. The summed E-state index contributed by atoms with van der Waals surface area (Å²) >= 11 is 3.46. The second-order valence-corrected chi connectivity index (χ2v) is 5.63. The molecule has 0 fully saturated rings. The topological polar surface area (TPSA) is 35.6 Å². The van der Waals surface area contributed by atoms with Crippen molar-refractivity contribution in [3.05, 3.63) is 28.2 Å². The third-order valence-electron chi connectivity index (χ3n) is 3.02. The van der Waals surface area contributed by atoms with Crippen molar-refractivity contribution in [2.24, 2.45) is 0 Å². The van der Waals surface area contributed by atoms with Gasteiger partial charge < -0.3 is 10.2 Å². The Morgan fingerprint density at radius 1 is 1.50 bits per heavy atom. The Morgan fingerprint density at radius 2 is 2.28 bits per heavy atom. The molecule has 0 unspecified atom stereocenters. The molecule has 1 heterocycles. The molecule has 1 aromatic carbocycles. The number of carbonyl (C=O) groups is 1. The van der Waals surface area contributed by atoms with E-state index in [1.54, 1.807) is 0 Å². The monoisotopic (exact) mass is 311 g/mol. The van der Waals surface area contributed by atoms with E-state index >= 15 is 0 Å². The molecule has 1 N–H and O–H groups in total. The van der Waals surface area contributed by atoms with Crippen molar-refractivity contribution in [3.8, 4) is 0 Å². The van der Waals surface area contributed by atoms with Gasteiger partial charge in [-0.1, -0.05) is 15.9 Å². The fourth-order valence-corrected chi connectivity index (χ4v) is 2.47. The predicted molar refractivity (Wildman–Crippen MR) is 77.1 cm³/mol. The predicted octanol–water partition coefficient (Wildman–Crippen LogP) is 2.08. The number of amides is 2. The van der Waals surface area contributed by atoms with Gasteiger partial charge in [-0.2, -0.15) is 0 Å². The van der Waals surface area contributed by atoms with Gasteiger partial charge in [0.05, 0.1) is 0 Å². The van der Waals surface area contributed by atoms with Crippen LogP contribution in [-0.4, -0.2) is 44.7 Å². The van der Waals surface area contributed by atoms with Gasteiger partial charge in [0.2, 0.25) is 0 Å². The SMILES string of the molecule is CN(C)CCNC(=O)N1CCc2cc(Br)ccc21. The van der Waals surface area contributed by atoms with Crippen LogP contribution in [0.5, 0.6) is 0 Å². The zero-order valence-electron chi connectivity index (χ0n) is 10.7. The van der Waals surface area contributed by atoms with Gasteiger partial charge in [0.25, 0.3) is 0 Å². The van der Waals surface area contributed by atoms with Crippen LogP contribution < -0.4 is 10.2 Å². The normalized spacial score (nSPS) is 13.9. The molecule has 0 spiro atoms. The number of fused-ring (bicyclic) bond motifs is 1. The van der Waals surface area contributed by atoms with Crippen molar-refractivity contribution in [3.63, 3.8) is 0 Å². The number of hydrogen-bond donors (Lipinski definition) is 1. The first-order valence-corrected chi connectivity index (χ1v) is 6.86. The summed E-state index contributed by atoms with van der Waals surface area (Å²) in [6, 6.07) is 6.06. The summed E-state index contributed by atoms with van der Waals surface area (Å²) in [5.41, 5.74) is 2.26. The first-order valence-electron chi connectivity index (χ1n) is 6.06. The van der Waals surface area contributed by atoms with E-state index < -0.39 is 0 Å². The van der Waals surface area contributed by atoms with Gasteiger partial charge in [-0.05, 0) is 44.3 Å². The number of likely N-dealkylation sites (N-methyl/N-ethyl adjacent to an activating group) is 1. The van der Waals surface area contributed by atoms with Crippen molar-refractivity contribution in [1.82, 2.24) is 10.2 Å². The van der Waals surface area contributed by atoms with E-state index in [0.29, 0.717) is 6.54 Å². The summed E-state index contributed by atoms with van der Waals surface area (Å²) < 4.78 is 1.07. The highest BCUT2D eigenvalue weighted by molar-refractivity contribution is 9.10. The van der Waals surface area contributed by atoms with E-state index in [-0.39, 0.29) is 6.03 Å². The molecule has 5 heteroatoms. The van der Waals surface area contributed by atoms with Crippen LogP contribution in [0, 0.1) is 0 Å². The molecule has 4 nitrogen and oxygen atoms in total. The molecule has 1 aliphatic rings. The van der Waals surface area contributed by atoms with Crippen LogP contribution >= 0.6 is 15.9 Å². The summed E-state index contributed by atoms with van der Waals surface area (Å²) in [5, 5.41) is 2.95. The molecule has 1 aromatic rings. The number of nitrogens with one attached hydrogen (secondary N) is 1. The first-order chi connectivity index (χ1) is 8.58. The maximum atomic E-state index is 12.1. The number of rotatable bonds is 3. The average Bonchev–Trinajstić information content (AvgIpc) is 2.71. The van der Waals surface area contributed by atoms with E-state index in [9.17, 15) is 4.79 Å². The van der Waals surface area contributed by atoms with Crippen LogP contribution in [0.15, 0.2) is 22.7 Å². The molecule has 0 atom stereocenters. The number of urea groups is 1. The second kappa shape index (κ2) is 5.71. The molecule has 0 aromatic heterocycles. The third kappa shape index (κ3) is 3.03. The van der Waals surface area contributed by atoms with Crippen LogP contribution in [0.4, 0.5) is 10.5 Å². The van der Waals surface area contributed by atoms with Crippen LogP contribution in [0.2, 0.25) is 0 Å². The van der Waals surface area contributed by atoms with Crippen molar-refractivity contribution >= 4 is 27.6 Å². The molecular weight excluding hydrogens is 294 g/mol. The molecule has 0 saturated carbocycles. The Morgan fingerprint density at radius 3 is 3.00 bits per heavy atom. The van der Waals surface area contributed by atoms with Crippen molar-refractivity contribution < 1.29 is 4.79 Å². The standard InChI is InChI=1S/C13H18BrN3O/c1-16(2)8-6-15-13(18)17-7-5-10-9-11(14)3-4-12(10)17/h3-4,9H,5-8H2,1-2H3,(H,15,18). The number of anilines is 1. The quantitative estimate of drug-likeness (QED) is 0.927. The lowest BCUT2D eigenvalue weighted by Crippen LogP contribution is -2.41. The minimum atomic E-state index is -0.00192. The molecule has 2 amide bonds. The van der Waals surface area contributed by atoms with Gasteiger partial charge in [-0.3, -0.25) is 4.90 Å². The van der Waals surface area contributed by atoms with Gasteiger partial charge >= 0.3 is 6.03 Å². The molecule has 18 heavy (non-hydrogen) atoms. The summed E-state index contributed by atoms with van der Waals surface area (Å²) in [6.45, 7) is 2.29. The summed E-state index contributed by atoms with van der Waals surface area (Å²) in [5.74, 6) is 0. The minimum absolute atomic E-state index is 0.00192. The molecule has 0 radical (unpaired) electrons. The maximum Gasteiger partial charge on any atom is 0.321 e. The van der Waals surface area contributed by atoms with Gasteiger partial charge in [0, 0.05) is 29.8 Å². The summed E-state index contributed by atoms with van der Waals surface area (Å²) in [4.78, 5) is 15.9. The fourth-order valence-electron chi connectivity index (χ4n) is 2.06. The lowest BCUT2D eigenvalue weighted by molar-refractivity contribution is 0.245. The van der Waals surface area contributed by atoms with Crippen molar-refractivity contribution in [1.29, 1.82) is 0 Å². The Hall–Kier alpha value is -1.07. The largest absolute Gasteiger partial charge is 0.336 e.